The van der Waals surface area contributed by atoms with Gasteiger partial charge in [-0.05, 0) is 42.1 Å². The number of rotatable bonds is 4. The second-order valence-corrected chi connectivity index (χ2v) is 8.53. The molecule has 0 bridgehead atoms. The van der Waals surface area contributed by atoms with E-state index in [0.29, 0.717) is 19.0 Å². The number of ether oxygens (including phenoxy) is 1. The van der Waals surface area contributed by atoms with Gasteiger partial charge in [-0.1, -0.05) is 24.3 Å². The number of aromatic nitrogens is 1. The van der Waals surface area contributed by atoms with Crippen molar-refractivity contribution < 1.29 is 9.53 Å². The highest BCUT2D eigenvalue weighted by molar-refractivity contribution is 7.18. The molecule has 1 saturated heterocycles. The van der Waals surface area contributed by atoms with Gasteiger partial charge < -0.3 is 26.5 Å². The zero-order chi connectivity index (χ0) is 23.2. The molecule has 4 aromatic rings. The number of carbonyl (C=O) groups is 1. The molecule has 0 atom stereocenters. The summed E-state index contributed by atoms with van der Waals surface area (Å²) < 4.78 is 6.19. The van der Waals surface area contributed by atoms with Gasteiger partial charge in [-0.25, -0.2) is 4.98 Å². The number of nitrogens with zero attached hydrogens (tertiary/aromatic N) is 3. The Bertz CT molecular complexity index is 1300. The van der Waals surface area contributed by atoms with Crippen LogP contribution in [0.3, 0.4) is 0 Å². The van der Waals surface area contributed by atoms with Gasteiger partial charge in [0, 0.05) is 39.8 Å². The Morgan fingerprint density at radius 2 is 2.00 bits per heavy atom. The molecule has 0 unspecified atom stereocenters. The van der Waals surface area contributed by atoms with Crippen LogP contribution in [0.25, 0.3) is 21.0 Å². The van der Waals surface area contributed by atoms with E-state index in [0.717, 1.165) is 52.9 Å². The second kappa shape index (κ2) is 10.3. The minimum Gasteiger partial charge on any atom is -0.382 e. The summed E-state index contributed by atoms with van der Waals surface area (Å²) in [6.07, 6.45) is 0.864. The number of nitrogens with two attached hydrogens (primary N) is 2. The quantitative estimate of drug-likeness (QED) is 0.140. The molecule has 33 heavy (non-hydrogen) atoms. The Labute approximate surface area is 195 Å². The fourth-order valence-electron chi connectivity index (χ4n) is 3.57. The molecule has 1 fully saturated rings. The molecule has 0 aliphatic carbocycles. The molecule has 2 aromatic carbocycles. The number of amides is 1. The first-order valence-corrected chi connectivity index (χ1v) is 11.4. The zero-order valence-electron chi connectivity index (χ0n) is 18.3. The number of anilines is 2. The number of morpholine rings is 1. The SMILES string of the molecule is Cc1cccc(Nc2nc3cc(/C(N)=N/N)ccc3c3sccc23)c1.O=CN1CCOCC1. The van der Waals surface area contributed by atoms with E-state index < -0.39 is 0 Å². The van der Waals surface area contributed by atoms with Crippen molar-refractivity contribution in [3.05, 3.63) is 65.0 Å². The van der Waals surface area contributed by atoms with E-state index in [2.05, 4.69) is 40.9 Å². The number of benzene rings is 2. The first kappa shape index (κ1) is 22.5. The lowest BCUT2D eigenvalue weighted by Crippen LogP contribution is -2.34. The van der Waals surface area contributed by atoms with Gasteiger partial charge in [0.15, 0.2) is 0 Å². The normalized spacial score (nSPS) is 14.1. The zero-order valence-corrected chi connectivity index (χ0v) is 19.1. The fourth-order valence-corrected chi connectivity index (χ4v) is 4.50. The van der Waals surface area contributed by atoms with Crippen LogP contribution in [0.4, 0.5) is 11.5 Å². The summed E-state index contributed by atoms with van der Waals surface area (Å²) in [4.78, 5) is 16.6. The number of amidine groups is 1. The number of hydrogen-bond donors (Lipinski definition) is 3. The molecule has 2 aromatic heterocycles. The van der Waals surface area contributed by atoms with E-state index in [1.54, 1.807) is 16.2 Å². The van der Waals surface area contributed by atoms with E-state index in [-0.39, 0.29) is 0 Å². The summed E-state index contributed by atoms with van der Waals surface area (Å²) in [6.45, 7) is 4.96. The van der Waals surface area contributed by atoms with Crippen LogP contribution >= 0.6 is 11.3 Å². The average molecular weight is 463 g/mol. The van der Waals surface area contributed by atoms with Crippen molar-refractivity contribution in [3.8, 4) is 0 Å². The van der Waals surface area contributed by atoms with Gasteiger partial charge in [-0.15, -0.1) is 11.3 Å². The van der Waals surface area contributed by atoms with Crippen molar-refractivity contribution in [2.24, 2.45) is 16.7 Å². The van der Waals surface area contributed by atoms with Crippen LogP contribution in [0.5, 0.6) is 0 Å². The van der Waals surface area contributed by atoms with E-state index >= 15 is 0 Å². The number of thiophene rings is 1. The van der Waals surface area contributed by atoms with Crippen molar-refractivity contribution >= 4 is 56.1 Å². The molecule has 5 rings (SSSR count). The molecular formula is C24H26N6O2S. The molecule has 170 valence electrons. The standard InChI is InChI=1S/C19H17N5S.C5H9NO2/c1-11-3-2-4-13(9-11)22-19-15-7-8-25-17(15)14-6-5-12(18(20)24-21)10-16(14)23-19;7-5-6-1-3-8-4-2-6/h2-10H,21H2,1H3,(H2,20,24)(H,22,23);5H,1-4H2. The lowest BCUT2D eigenvalue weighted by molar-refractivity contribution is -0.121. The number of hydrazone groups is 1. The summed E-state index contributed by atoms with van der Waals surface area (Å²) in [5.41, 5.74) is 9.67. The molecule has 1 aliphatic heterocycles. The van der Waals surface area contributed by atoms with Crippen LogP contribution in [-0.4, -0.2) is 48.4 Å². The number of pyridine rings is 1. The van der Waals surface area contributed by atoms with Gasteiger partial charge in [-0.3, -0.25) is 4.79 Å². The summed E-state index contributed by atoms with van der Waals surface area (Å²) >= 11 is 1.70. The summed E-state index contributed by atoms with van der Waals surface area (Å²) in [7, 11) is 0. The Morgan fingerprint density at radius 3 is 2.70 bits per heavy atom. The van der Waals surface area contributed by atoms with Crippen molar-refractivity contribution in [1.82, 2.24) is 9.88 Å². The monoisotopic (exact) mass is 462 g/mol. The molecule has 8 nitrogen and oxygen atoms in total. The molecule has 3 heterocycles. The number of nitrogens with one attached hydrogen (secondary N) is 1. The van der Waals surface area contributed by atoms with E-state index in [4.69, 9.17) is 21.3 Å². The highest BCUT2D eigenvalue weighted by atomic mass is 32.1. The molecule has 1 amide bonds. The maximum absolute atomic E-state index is 10.0. The van der Waals surface area contributed by atoms with Crippen LogP contribution in [0.2, 0.25) is 0 Å². The molecule has 5 N–H and O–H groups in total. The largest absolute Gasteiger partial charge is 0.382 e. The Hall–Kier alpha value is -3.69. The third-order valence-electron chi connectivity index (χ3n) is 5.31. The van der Waals surface area contributed by atoms with E-state index in [1.165, 1.54) is 10.3 Å². The molecule has 0 spiro atoms. The molecular weight excluding hydrogens is 436 g/mol. The number of carbonyl (C=O) groups excluding carboxylic acids is 1. The minimum atomic E-state index is 0.295. The van der Waals surface area contributed by atoms with E-state index in [9.17, 15) is 4.79 Å². The van der Waals surface area contributed by atoms with Crippen molar-refractivity contribution in [3.63, 3.8) is 0 Å². The van der Waals surface area contributed by atoms with Crippen LogP contribution < -0.4 is 16.9 Å². The predicted molar refractivity (Wildman–Crippen MR) is 135 cm³/mol. The van der Waals surface area contributed by atoms with Crippen molar-refractivity contribution in [2.75, 3.05) is 31.6 Å². The topological polar surface area (TPSA) is 119 Å². The number of aryl methyl sites for hydroxylation is 1. The lowest BCUT2D eigenvalue weighted by Gasteiger charge is -2.21. The highest BCUT2D eigenvalue weighted by Crippen LogP contribution is 2.35. The Kier molecular flexibility index (Phi) is 7.01. The van der Waals surface area contributed by atoms with Crippen LogP contribution in [0, 0.1) is 6.92 Å². The third kappa shape index (κ3) is 5.21. The molecule has 1 aliphatic rings. The number of fused-ring (bicyclic) bond motifs is 3. The summed E-state index contributed by atoms with van der Waals surface area (Å²) in [5, 5.41) is 11.3. The van der Waals surface area contributed by atoms with Gasteiger partial charge in [0.2, 0.25) is 6.41 Å². The smallest absolute Gasteiger partial charge is 0.209 e. The molecule has 0 saturated carbocycles. The van der Waals surface area contributed by atoms with Crippen LogP contribution in [0.15, 0.2) is 59.0 Å². The summed E-state index contributed by atoms with van der Waals surface area (Å²) in [5.74, 6) is 6.42. The second-order valence-electron chi connectivity index (χ2n) is 7.62. The van der Waals surface area contributed by atoms with Gasteiger partial charge in [0.1, 0.15) is 11.7 Å². The maximum atomic E-state index is 10.0. The van der Waals surface area contributed by atoms with E-state index in [1.807, 2.05) is 30.3 Å². The highest BCUT2D eigenvalue weighted by Gasteiger charge is 2.11. The predicted octanol–water partition coefficient (Wildman–Crippen LogP) is 3.56. The number of hydrogen-bond acceptors (Lipinski definition) is 7. The first-order chi connectivity index (χ1) is 16.1. The molecule has 9 heteroatoms. The van der Waals surface area contributed by atoms with Crippen molar-refractivity contribution in [2.45, 2.75) is 6.92 Å². The van der Waals surface area contributed by atoms with Crippen LogP contribution in [0.1, 0.15) is 11.1 Å². The summed E-state index contributed by atoms with van der Waals surface area (Å²) in [6, 6.07) is 16.2. The van der Waals surface area contributed by atoms with Gasteiger partial charge >= 0.3 is 0 Å². The Morgan fingerprint density at radius 1 is 1.18 bits per heavy atom. The third-order valence-corrected chi connectivity index (χ3v) is 6.25. The minimum absolute atomic E-state index is 0.295. The lowest BCUT2D eigenvalue weighted by atomic mass is 10.1. The van der Waals surface area contributed by atoms with Gasteiger partial charge in [0.25, 0.3) is 0 Å². The Balaban J connectivity index is 0.000000275. The first-order valence-electron chi connectivity index (χ1n) is 10.5. The fraction of sp³-hybridized carbons (Fsp3) is 0.208. The van der Waals surface area contributed by atoms with Gasteiger partial charge in [-0.2, -0.15) is 5.10 Å². The maximum Gasteiger partial charge on any atom is 0.209 e. The van der Waals surface area contributed by atoms with Gasteiger partial charge in [0.05, 0.1) is 18.7 Å². The average Bonchev–Trinajstić information content (AvgIpc) is 3.35. The van der Waals surface area contributed by atoms with Crippen LogP contribution in [-0.2, 0) is 9.53 Å². The molecule has 0 radical (unpaired) electrons. The van der Waals surface area contributed by atoms with Crippen molar-refractivity contribution in [1.29, 1.82) is 0 Å².